The zero-order chi connectivity index (χ0) is 12.3. The quantitative estimate of drug-likeness (QED) is 0.873. The van der Waals surface area contributed by atoms with Crippen LogP contribution in [0.2, 0.25) is 0 Å². The highest BCUT2D eigenvalue weighted by molar-refractivity contribution is 5.54. The number of anilines is 2. The fourth-order valence-corrected chi connectivity index (χ4v) is 1.65. The van der Waals surface area contributed by atoms with Crippen molar-refractivity contribution in [3.8, 4) is 0 Å². The number of benzene rings is 1. The van der Waals surface area contributed by atoms with E-state index in [9.17, 15) is 0 Å². The van der Waals surface area contributed by atoms with E-state index in [4.69, 9.17) is 4.42 Å². The van der Waals surface area contributed by atoms with Crippen molar-refractivity contribution >= 4 is 11.4 Å². The van der Waals surface area contributed by atoms with Gasteiger partial charge in [0.2, 0.25) is 0 Å². The summed E-state index contributed by atoms with van der Waals surface area (Å²) in [5, 5.41) is 3.33. The van der Waals surface area contributed by atoms with E-state index < -0.39 is 0 Å². The number of nitrogens with zero attached hydrogens (tertiary/aromatic N) is 1. The zero-order valence-electron chi connectivity index (χ0n) is 10.5. The van der Waals surface area contributed by atoms with Crippen molar-refractivity contribution in [1.82, 2.24) is 0 Å². The minimum atomic E-state index is 0.717. The Labute approximate surface area is 102 Å². The Kier molecular flexibility index (Phi) is 3.38. The Morgan fingerprint density at radius 1 is 1.06 bits per heavy atom. The van der Waals surface area contributed by atoms with Crippen LogP contribution in [-0.2, 0) is 6.54 Å². The van der Waals surface area contributed by atoms with E-state index >= 15 is 0 Å². The normalized spacial score (nSPS) is 10.3. The molecular weight excluding hydrogens is 212 g/mol. The SMILES string of the molecule is Cc1ccc(CNc2ccc(N(C)C)cc2)o1. The molecule has 0 bridgehead atoms. The highest BCUT2D eigenvalue weighted by atomic mass is 16.3. The Morgan fingerprint density at radius 3 is 2.29 bits per heavy atom. The molecular formula is C14H18N2O. The van der Waals surface area contributed by atoms with E-state index in [1.54, 1.807) is 0 Å². The van der Waals surface area contributed by atoms with Crippen LogP contribution < -0.4 is 10.2 Å². The molecule has 0 saturated heterocycles. The van der Waals surface area contributed by atoms with Gasteiger partial charge in [-0.3, -0.25) is 0 Å². The molecule has 2 rings (SSSR count). The van der Waals surface area contributed by atoms with E-state index in [-0.39, 0.29) is 0 Å². The maximum atomic E-state index is 5.50. The number of furan rings is 1. The largest absolute Gasteiger partial charge is 0.465 e. The molecule has 0 aliphatic rings. The number of hydrogen-bond donors (Lipinski definition) is 1. The van der Waals surface area contributed by atoms with Crippen molar-refractivity contribution in [2.24, 2.45) is 0 Å². The average Bonchev–Trinajstić information content (AvgIpc) is 2.73. The maximum absolute atomic E-state index is 5.50. The molecule has 0 spiro atoms. The van der Waals surface area contributed by atoms with E-state index in [1.165, 1.54) is 5.69 Å². The van der Waals surface area contributed by atoms with E-state index in [1.807, 2.05) is 33.2 Å². The highest BCUT2D eigenvalue weighted by Crippen LogP contribution is 2.16. The third-order valence-corrected chi connectivity index (χ3v) is 2.65. The Hall–Kier alpha value is -1.90. The summed E-state index contributed by atoms with van der Waals surface area (Å²) in [5.41, 5.74) is 2.30. The lowest BCUT2D eigenvalue weighted by atomic mass is 10.2. The van der Waals surface area contributed by atoms with Crippen LogP contribution in [-0.4, -0.2) is 14.1 Å². The summed E-state index contributed by atoms with van der Waals surface area (Å²) in [6, 6.07) is 12.3. The third kappa shape index (κ3) is 3.03. The third-order valence-electron chi connectivity index (χ3n) is 2.65. The van der Waals surface area contributed by atoms with Gasteiger partial charge in [-0.05, 0) is 43.3 Å². The number of aryl methyl sites for hydroxylation is 1. The van der Waals surface area contributed by atoms with Crippen molar-refractivity contribution in [3.05, 3.63) is 47.9 Å². The van der Waals surface area contributed by atoms with Crippen LogP contribution in [0.5, 0.6) is 0 Å². The summed E-state index contributed by atoms with van der Waals surface area (Å²) >= 11 is 0. The zero-order valence-corrected chi connectivity index (χ0v) is 10.5. The lowest BCUT2D eigenvalue weighted by Crippen LogP contribution is -2.08. The van der Waals surface area contributed by atoms with Gasteiger partial charge in [0.1, 0.15) is 11.5 Å². The summed E-state index contributed by atoms with van der Waals surface area (Å²) in [5.74, 6) is 1.91. The van der Waals surface area contributed by atoms with Crippen molar-refractivity contribution in [3.63, 3.8) is 0 Å². The molecule has 0 saturated carbocycles. The second kappa shape index (κ2) is 4.95. The first-order chi connectivity index (χ1) is 8.15. The smallest absolute Gasteiger partial charge is 0.123 e. The first-order valence-corrected chi connectivity index (χ1v) is 5.72. The van der Waals surface area contributed by atoms with Crippen molar-refractivity contribution < 1.29 is 4.42 Å². The Balaban J connectivity index is 1.95. The van der Waals surface area contributed by atoms with Gasteiger partial charge in [0, 0.05) is 25.5 Å². The summed E-state index contributed by atoms with van der Waals surface area (Å²) in [6.07, 6.45) is 0. The first-order valence-electron chi connectivity index (χ1n) is 5.72. The Morgan fingerprint density at radius 2 is 1.76 bits per heavy atom. The van der Waals surface area contributed by atoms with E-state index in [0.717, 1.165) is 23.8 Å². The molecule has 17 heavy (non-hydrogen) atoms. The molecule has 0 aliphatic heterocycles. The van der Waals surface area contributed by atoms with Crippen molar-refractivity contribution in [2.45, 2.75) is 13.5 Å². The minimum Gasteiger partial charge on any atom is -0.465 e. The topological polar surface area (TPSA) is 28.4 Å². The van der Waals surface area contributed by atoms with Gasteiger partial charge in [-0.15, -0.1) is 0 Å². The van der Waals surface area contributed by atoms with Crippen LogP contribution in [0.4, 0.5) is 11.4 Å². The van der Waals surface area contributed by atoms with E-state index in [0.29, 0.717) is 0 Å². The van der Waals surface area contributed by atoms with Gasteiger partial charge >= 0.3 is 0 Å². The van der Waals surface area contributed by atoms with Gasteiger partial charge < -0.3 is 14.6 Å². The van der Waals surface area contributed by atoms with Gasteiger partial charge in [-0.2, -0.15) is 0 Å². The van der Waals surface area contributed by atoms with Gasteiger partial charge in [-0.25, -0.2) is 0 Å². The lowest BCUT2D eigenvalue weighted by Gasteiger charge is -2.13. The molecule has 1 heterocycles. The highest BCUT2D eigenvalue weighted by Gasteiger charge is 1.99. The average molecular weight is 230 g/mol. The molecule has 0 atom stereocenters. The molecule has 0 amide bonds. The van der Waals surface area contributed by atoms with Gasteiger partial charge in [0.05, 0.1) is 6.54 Å². The fraction of sp³-hybridized carbons (Fsp3) is 0.286. The summed E-state index contributed by atoms with van der Waals surface area (Å²) in [7, 11) is 4.07. The molecule has 0 radical (unpaired) electrons. The van der Waals surface area contributed by atoms with Crippen LogP contribution >= 0.6 is 0 Å². The predicted octanol–water partition coefficient (Wildman–Crippen LogP) is 3.27. The minimum absolute atomic E-state index is 0.717. The van der Waals surface area contributed by atoms with Crippen molar-refractivity contribution in [1.29, 1.82) is 0 Å². The summed E-state index contributed by atoms with van der Waals surface area (Å²) < 4.78 is 5.50. The second-order valence-electron chi connectivity index (χ2n) is 4.31. The molecule has 0 aliphatic carbocycles. The molecule has 3 nitrogen and oxygen atoms in total. The summed E-state index contributed by atoms with van der Waals surface area (Å²) in [4.78, 5) is 2.08. The molecule has 1 N–H and O–H groups in total. The molecule has 0 unspecified atom stereocenters. The van der Waals surface area contributed by atoms with Crippen LogP contribution in [0, 0.1) is 6.92 Å². The van der Waals surface area contributed by atoms with Gasteiger partial charge in [0.25, 0.3) is 0 Å². The lowest BCUT2D eigenvalue weighted by molar-refractivity contribution is 0.490. The first kappa shape index (κ1) is 11.6. The van der Waals surface area contributed by atoms with Crippen LogP contribution in [0.15, 0.2) is 40.8 Å². The monoisotopic (exact) mass is 230 g/mol. The van der Waals surface area contributed by atoms with Crippen LogP contribution in [0.3, 0.4) is 0 Å². The second-order valence-corrected chi connectivity index (χ2v) is 4.31. The fourth-order valence-electron chi connectivity index (χ4n) is 1.65. The van der Waals surface area contributed by atoms with Crippen LogP contribution in [0.1, 0.15) is 11.5 Å². The van der Waals surface area contributed by atoms with Crippen molar-refractivity contribution in [2.75, 3.05) is 24.3 Å². The maximum Gasteiger partial charge on any atom is 0.123 e. The van der Waals surface area contributed by atoms with E-state index in [2.05, 4.69) is 34.5 Å². The van der Waals surface area contributed by atoms with Gasteiger partial charge in [0.15, 0.2) is 0 Å². The molecule has 90 valence electrons. The van der Waals surface area contributed by atoms with Gasteiger partial charge in [-0.1, -0.05) is 0 Å². The summed E-state index contributed by atoms with van der Waals surface area (Å²) in [6.45, 7) is 2.67. The van der Waals surface area contributed by atoms with Crippen LogP contribution in [0.25, 0.3) is 0 Å². The molecule has 1 aromatic heterocycles. The molecule has 2 aromatic rings. The molecule has 0 fully saturated rings. The number of rotatable bonds is 4. The Bertz CT molecular complexity index is 471. The number of hydrogen-bond acceptors (Lipinski definition) is 3. The molecule has 3 heteroatoms. The predicted molar refractivity (Wildman–Crippen MR) is 71.5 cm³/mol. The number of nitrogens with one attached hydrogen (secondary N) is 1. The molecule has 1 aromatic carbocycles. The standard InChI is InChI=1S/C14H18N2O/c1-11-4-9-14(17-11)10-15-12-5-7-13(8-6-12)16(2)3/h4-9,15H,10H2,1-3H3.